The molecule has 7 nitrogen and oxygen atoms in total. The molecule has 19 heavy (non-hydrogen) atoms. The molecule has 1 aromatic rings. The maximum absolute atomic E-state index is 10.7. The fourth-order valence-corrected chi connectivity index (χ4v) is 2.00. The fraction of sp³-hybridized carbons (Fsp3) is 0.500. The minimum absolute atomic E-state index is 0.0331. The summed E-state index contributed by atoms with van der Waals surface area (Å²) in [4.78, 5) is 14.0. The van der Waals surface area contributed by atoms with Gasteiger partial charge in [-0.2, -0.15) is 10.2 Å². The van der Waals surface area contributed by atoms with E-state index in [-0.39, 0.29) is 23.4 Å². The number of nitriles is 1. The van der Waals surface area contributed by atoms with Gasteiger partial charge >= 0.3 is 5.69 Å². The van der Waals surface area contributed by atoms with Gasteiger partial charge in [-0.25, -0.2) is 0 Å². The molecule has 1 N–H and O–H groups in total. The predicted molar refractivity (Wildman–Crippen MR) is 66.7 cm³/mol. The van der Waals surface area contributed by atoms with Gasteiger partial charge in [0, 0.05) is 18.7 Å². The Labute approximate surface area is 110 Å². The van der Waals surface area contributed by atoms with E-state index in [1.165, 1.54) is 12.1 Å². The number of nitro groups is 1. The van der Waals surface area contributed by atoms with Gasteiger partial charge in [0.15, 0.2) is 0 Å². The Bertz CT molecular complexity index is 526. The van der Waals surface area contributed by atoms with Crippen LogP contribution in [0.4, 0.5) is 5.69 Å². The van der Waals surface area contributed by atoms with E-state index in [0.717, 1.165) is 13.0 Å². The van der Waals surface area contributed by atoms with Gasteiger partial charge in [-0.05, 0) is 18.9 Å². The number of hydrogen-bond donors (Lipinski definition) is 1. The van der Waals surface area contributed by atoms with Crippen LogP contribution in [0.3, 0.4) is 0 Å². The van der Waals surface area contributed by atoms with E-state index in [9.17, 15) is 10.1 Å². The highest BCUT2D eigenvalue weighted by molar-refractivity contribution is 5.45. The van der Waals surface area contributed by atoms with E-state index >= 15 is 0 Å². The zero-order chi connectivity index (χ0) is 13.8. The Morgan fingerprint density at radius 2 is 2.42 bits per heavy atom. The monoisotopic (exact) mass is 262 g/mol. The number of piperidine rings is 1. The fourth-order valence-electron chi connectivity index (χ4n) is 2.00. The summed E-state index contributed by atoms with van der Waals surface area (Å²) in [7, 11) is 0. The topological polar surface area (TPSA) is 101 Å². The molecular formula is C12H14N4O3. The number of nitrogens with zero attached hydrogens (tertiary/aromatic N) is 3. The summed E-state index contributed by atoms with van der Waals surface area (Å²) in [5.74, 6) is 0.631. The van der Waals surface area contributed by atoms with Crippen molar-refractivity contribution in [1.29, 1.82) is 5.26 Å². The summed E-state index contributed by atoms with van der Waals surface area (Å²) < 4.78 is 5.70. The summed E-state index contributed by atoms with van der Waals surface area (Å²) in [6.45, 7) is 3.75. The van der Waals surface area contributed by atoms with Crippen LogP contribution in [-0.4, -0.2) is 29.1 Å². The second kappa shape index (κ2) is 5.63. The summed E-state index contributed by atoms with van der Waals surface area (Å²) >= 11 is 0. The standard InChI is InChI=1S/C12H14N4O3/c1-8-4-5-14-7-11(8)19-12-3-2-10(16(17)18)9(6-13)15-12/h2-3,8,11,14H,4-5,7H2,1H3. The van der Waals surface area contributed by atoms with Gasteiger partial charge < -0.3 is 10.1 Å². The van der Waals surface area contributed by atoms with Crippen LogP contribution in [0.5, 0.6) is 5.88 Å². The number of rotatable bonds is 3. The maximum Gasteiger partial charge on any atom is 0.305 e. The molecule has 2 atom stereocenters. The highest BCUT2D eigenvalue weighted by atomic mass is 16.6. The Kier molecular flexibility index (Phi) is 3.92. The summed E-state index contributed by atoms with van der Waals surface area (Å²) in [5, 5.41) is 22.8. The third-order valence-electron chi connectivity index (χ3n) is 3.18. The molecule has 1 aliphatic rings. The molecule has 0 spiro atoms. The number of ether oxygens (including phenoxy) is 1. The summed E-state index contributed by atoms with van der Waals surface area (Å²) in [6, 6.07) is 4.40. The molecule has 1 aliphatic heterocycles. The van der Waals surface area contributed by atoms with E-state index in [4.69, 9.17) is 10.00 Å². The zero-order valence-corrected chi connectivity index (χ0v) is 10.5. The molecule has 1 saturated heterocycles. The van der Waals surface area contributed by atoms with E-state index in [1.807, 2.05) is 0 Å². The predicted octanol–water partition coefficient (Wildman–Crippen LogP) is 1.24. The number of hydrogen-bond acceptors (Lipinski definition) is 6. The van der Waals surface area contributed by atoms with Gasteiger partial charge in [0.25, 0.3) is 0 Å². The van der Waals surface area contributed by atoms with Gasteiger partial charge in [-0.15, -0.1) is 0 Å². The molecule has 1 fully saturated rings. The van der Waals surface area contributed by atoms with E-state index in [1.54, 1.807) is 6.07 Å². The Morgan fingerprint density at radius 3 is 3.05 bits per heavy atom. The maximum atomic E-state index is 10.7. The molecule has 100 valence electrons. The smallest absolute Gasteiger partial charge is 0.305 e. The lowest BCUT2D eigenvalue weighted by Gasteiger charge is -2.29. The number of aromatic nitrogens is 1. The Hall–Kier alpha value is -2.20. The van der Waals surface area contributed by atoms with Crippen LogP contribution in [0.25, 0.3) is 0 Å². The van der Waals surface area contributed by atoms with E-state index < -0.39 is 4.92 Å². The van der Waals surface area contributed by atoms with Crippen molar-refractivity contribution in [1.82, 2.24) is 10.3 Å². The van der Waals surface area contributed by atoms with Crippen LogP contribution in [0.2, 0.25) is 0 Å². The molecule has 1 aromatic heterocycles. The first kappa shape index (κ1) is 13.2. The highest BCUT2D eigenvalue weighted by Gasteiger charge is 2.24. The second-order valence-corrected chi connectivity index (χ2v) is 4.51. The Morgan fingerprint density at radius 1 is 1.63 bits per heavy atom. The van der Waals surface area contributed by atoms with Gasteiger partial charge in [0.1, 0.15) is 12.2 Å². The number of nitrogens with one attached hydrogen (secondary N) is 1. The lowest BCUT2D eigenvalue weighted by molar-refractivity contribution is -0.385. The summed E-state index contributed by atoms with van der Waals surface area (Å²) in [5.41, 5.74) is -0.524. The van der Waals surface area contributed by atoms with Crippen LogP contribution in [0.1, 0.15) is 19.0 Å². The molecule has 2 unspecified atom stereocenters. The first-order chi connectivity index (χ1) is 9.11. The molecule has 0 saturated carbocycles. The third-order valence-corrected chi connectivity index (χ3v) is 3.18. The highest BCUT2D eigenvalue weighted by Crippen LogP contribution is 2.22. The quantitative estimate of drug-likeness (QED) is 0.649. The van der Waals surface area contributed by atoms with Crippen LogP contribution >= 0.6 is 0 Å². The van der Waals surface area contributed by atoms with E-state index in [2.05, 4.69) is 17.2 Å². The normalized spacial score (nSPS) is 22.5. The third kappa shape index (κ3) is 2.98. The molecule has 0 aromatic carbocycles. The number of pyridine rings is 1. The molecule has 0 amide bonds. The van der Waals surface area contributed by atoms with Gasteiger partial charge in [-0.1, -0.05) is 6.92 Å². The first-order valence-electron chi connectivity index (χ1n) is 6.04. The van der Waals surface area contributed by atoms with Crippen molar-refractivity contribution < 1.29 is 9.66 Å². The zero-order valence-electron chi connectivity index (χ0n) is 10.5. The minimum atomic E-state index is -0.625. The second-order valence-electron chi connectivity index (χ2n) is 4.51. The minimum Gasteiger partial charge on any atom is -0.473 e. The lowest BCUT2D eigenvalue weighted by atomic mass is 9.97. The van der Waals surface area contributed by atoms with Crippen molar-refractivity contribution in [3.63, 3.8) is 0 Å². The lowest BCUT2D eigenvalue weighted by Crippen LogP contribution is -2.43. The molecule has 7 heteroatoms. The van der Waals surface area contributed by atoms with Crippen LogP contribution in [0.15, 0.2) is 12.1 Å². The first-order valence-corrected chi connectivity index (χ1v) is 6.04. The largest absolute Gasteiger partial charge is 0.473 e. The van der Waals surface area contributed by atoms with Crippen molar-refractivity contribution in [3.05, 3.63) is 27.9 Å². The average molecular weight is 262 g/mol. The van der Waals surface area contributed by atoms with Crippen molar-refractivity contribution in [2.24, 2.45) is 5.92 Å². The molecule has 0 bridgehead atoms. The van der Waals surface area contributed by atoms with E-state index in [0.29, 0.717) is 12.5 Å². The molecular weight excluding hydrogens is 248 g/mol. The molecule has 0 radical (unpaired) electrons. The molecule has 2 rings (SSSR count). The van der Waals surface area contributed by atoms with Crippen molar-refractivity contribution in [2.45, 2.75) is 19.4 Å². The van der Waals surface area contributed by atoms with Gasteiger partial charge in [-0.3, -0.25) is 10.1 Å². The van der Waals surface area contributed by atoms with Crippen molar-refractivity contribution >= 4 is 5.69 Å². The molecule has 2 heterocycles. The summed E-state index contributed by atoms with van der Waals surface area (Å²) in [6.07, 6.45) is 0.970. The Balaban J connectivity index is 2.17. The molecule has 0 aliphatic carbocycles. The average Bonchev–Trinajstić information content (AvgIpc) is 2.41. The SMILES string of the molecule is CC1CCNCC1Oc1ccc([N+](=O)[O-])c(C#N)n1. The van der Waals surface area contributed by atoms with Crippen LogP contribution < -0.4 is 10.1 Å². The van der Waals surface area contributed by atoms with Crippen molar-refractivity contribution in [3.8, 4) is 11.9 Å². The van der Waals surface area contributed by atoms with Crippen molar-refractivity contribution in [2.75, 3.05) is 13.1 Å². The van der Waals surface area contributed by atoms with Gasteiger partial charge in [0.05, 0.1) is 4.92 Å². The van der Waals surface area contributed by atoms with Crippen LogP contribution in [0, 0.1) is 27.4 Å². The van der Waals surface area contributed by atoms with Gasteiger partial charge in [0.2, 0.25) is 11.6 Å². The van der Waals surface area contributed by atoms with Crippen LogP contribution in [-0.2, 0) is 0 Å².